The van der Waals surface area contributed by atoms with Gasteiger partial charge in [0.25, 0.3) is 0 Å². The first-order chi connectivity index (χ1) is 30.5. The molecule has 9 rings (SSSR count). The third kappa shape index (κ3) is 5.58. The lowest BCUT2D eigenvalue weighted by atomic mass is 9.98. The summed E-state index contributed by atoms with van der Waals surface area (Å²) in [5.74, 6) is 0.196. The van der Waals surface area contributed by atoms with Gasteiger partial charge >= 0.3 is 0 Å². The lowest BCUT2D eigenvalue weighted by molar-refractivity contribution is 1.07. The van der Waals surface area contributed by atoms with E-state index in [1.54, 1.807) is 24.3 Å². The molecular weight excluding hydrogens is 615 g/mol. The van der Waals surface area contributed by atoms with Crippen LogP contribution in [-0.2, 0) is 0 Å². The van der Waals surface area contributed by atoms with Crippen LogP contribution in [0.3, 0.4) is 0 Å². The van der Waals surface area contributed by atoms with E-state index in [-0.39, 0.29) is 48.8 Å². The van der Waals surface area contributed by atoms with E-state index in [0.29, 0.717) is 11.1 Å². The first-order valence-electron chi connectivity index (χ1n) is 22.6. The van der Waals surface area contributed by atoms with E-state index >= 15 is 0 Å². The van der Waals surface area contributed by atoms with Crippen LogP contribution in [0, 0.1) is 0 Å². The molecule has 0 spiro atoms. The summed E-state index contributed by atoms with van der Waals surface area (Å²) < 4.78 is 133. The van der Waals surface area contributed by atoms with Crippen LogP contribution in [0.4, 0.5) is 0 Å². The van der Waals surface area contributed by atoms with Crippen molar-refractivity contribution in [2.24, 2.45) is 0 Å². The highest BCUT2D eigenvalue weighted by molar-refractivity contribution is 7.26. The standard InChI is InChI=1S/C45H29N3S/c1-3-10-30(11-4-1)31-20-26-36(27-21-31)44-46-43(35-12-5-2-6-13-35)47-45(48-44)37-28-22-33(23-29-37)32-18-24-34(25-19-32)38-15-9-16-40-39-14-7-8-17-41(39)49-42(38)40/h1-29H/i7D,8D,9D,14D,15D,16D,17D,18D,19D,22D,23D,24D,25D,28D,29D. The molecule has 2 aromatic heterocycles. The highest BCUT2D eigenvalue weighted by Crippen LogP contribution is 2.40. The molecule has 4 heteroatoms. The van der Waals surface area contributed by atoms with E-state index in [2.05, 4.69) is 9.97 Å². The number of hydrogen-bond acceptors (Lipinski definition) is 4. The molecule has 0 N–H and O–H groups in total. The number of thiophene rings is 1. The third-order valence-electron chi connectivity index (χ3n) is 7.83. The van der Waals surface area contributed by atoms with Crippen LogP contribution in [0.25, 0.3) is 87.7 Å². The van der Waals surface area contributed by atoms with Gasteiger partial charge in [-0.15, -0.1) is 11.3 Å². The predicted molar refractivity (Wildman–Crippen MR) is 205 cm³/mol. The van der Waals surface area contributed by atoms with Crippen LogP contribution in [0.15, 0.2) is 176 Å². The molecule has 0 aliphatic heterocycles. The summed E-state index contributed by atoms with van der Waals surface area (Å²) in [4.78, 5) is 14.0. The summed E-state index contributed by atoms with van der Waals surface area (Å²) in [5, 5.41) is -0.191. The second-order valence-electron chi connectivity index (χ2n) is 10.9. The average molecular weight is 659 g/mol. The molecule has 3 nitrogen and oxygen atoms in total. The SMILES string of the molecule is [2H]c1c([2H])c(-c2c([2H])c([2H])c(-c3c([2H])c([2H])c([2H])c4c3sc3c([2H])c([2H])c([2H])c([2H])c34)c([2H])c2[2H])c([2H])c([2H])c1-c1nc(-c2ccccc2)nc(-c2ccc(-c3ccccc3)cc2)n1. The molecule has 0 fully saturated rings. The highest BCUT2D eigenvalue weighted by atomic mass is 32.1. The van der Waals surface area contributed by atoms with E-state index in [9.17, 15) is 11.0 Å². The zero-order valence-corrected chi connectivity index (χ0v) is 26.1. The Hall–Kier alpha value is -6.23. The molecule has 0 saturated heterocycles. The first kappa shape index (κ1) is 17.3. The Labute approximate surface area is 310 Å². The molecule has 0 bridgehead atoms. The molecule has 0 amide bonds. The highest BCUT2D eigenvalue weighted by Gasteiger charge is 2.14. The monoisotopic (exact) mass is 658 g/mol. The fraction of sp³-hybridized carbons (Fsp3) is 0. The van der Waals surface area contributed by atoms with Crippen molar-refractivity contribution in [3.63, 3.8) is 0 Å². The van der Waals surface area contributed by atoms with Gasteiger partial charge in [-0.2, -0.15) is 0 Å². The smallest absolute Gasteiger partial charge is 0.164 e. The van der Waals surface area contributed by atoms with Crippen molar-refractivity contribution in [3.8, 4) is 67.5 Å². The molecule has 230 valence electrons. The Bertz CT molecular complexity index is 3380. The van der Waals surface area contributed by atoms with Crippen molar-refractivity contribution in [2.45, 2.75) is 0 Å². The Morgan fingerprint density at radius 3 is 1.49 bits per heavy atom. The Morgan fingerprint density at radius 2 is 0.837 bits per heavy atom. The van der Waals surface area contributed by atoms with Crippen molar-refractivity contribution in [1.29, 1.82) is 0 Å². The van der Waals surface area contributed by atoms with Gasteiger partial charge in [-0.1, -0.05) is 170 Å². The average Bonchev–Trinajstić information content (AvgIpc) is 3.71. The van der Waals surface area contributed by atoms with Crippen LogP contribution in [0.2, 0.25) is 0 Å². The number of benzene rings is 7. The van der Waals surface area contributed by atoms with Gasteiger partial charge in [0.1, 0.15) is 0 Å². The number of fused-ring (bicyclic) bond motifs is 3. The van der Waals surface area contributed by atoms with Gasteiger partial charge in [0.2, 0.25) is 0 Å². The second-order valence-corrected chi connectivity index (χ2v) is 11.9. The molecule has 49 heavy (non-hydrogen) atoms. The second kappa shape index (κ2) is 12.4. The fourth-order valence-corrected chi connectivity index (χ4v) is 6.46. The summed E-state index contributed by atoms with van der Waals surface area (Å²) >= 11 is 0.771. The summed E-state index contributed by atoms with van der Waals surface area (Å²) in [7, 11) is 0. The van der Waals surface area contributed by atoms with Gasteiger partial charge in [-0.3, -0.25) is 0 Å². The molecule has 0 atom stereocenters. The summed E-state index contributed by atoms with van der Waals surface area (Å²) in [6.07, 6.45) is 0. The molecule has 0 aliphatic carbocycles. The maximum Gasteiger partial charge on any atom is 0.164 e. The van der Waals surface area contributed by atoms with E-state index in [4.69, 9.17) is 14.6 Å². The lowest BCUT2D eigenvalue weighted by Crippen LogP contribution is -2.00. The normalized spacial score (nSPS) is 15.6. The molecule has 0 radical (unpaired) electrons. The van der Waals surface area contributed by atoms with Gasteiger partial charge < -0.3 is 0 Å². The number of nitrogens with zero attached hydrogens (tertiary/aromatic N) is 3. The Morgan fingerprint density at radius 1 is 0.367 bits per heavy atom. The van der Waals surface area contributed by atoms with Crippen LogP contribution in [0.1, 0.15) is 20.6 Å². The molecule has 0 unspecified atom stereocenters. The minimum absolute atomic E-state index is 0.0125. The van der Waals surface area contributed by atoms with Crippen molar-refractivity contribution in [2.75, 3.05) is 0 Å². The van der Waals surface area contributed by atoms with Gasteiger partial charge in [0, 0.05) is 36.9 Å². The minimum Gasteiger partial charge on any atom is -0.208 e. The zero-order valence-electron chi connectivity index (χ0n) is 40.3. The van der Waals surface area contributed by atoms with Crippen molar-refractivity contribution in [3.05, 3.63) is 176 Å². The Kier molecular flexibility index (Phi) is 4.37. The fourth-order valence-electron chi connectivity index (χ4n) is 5.39. The van der Waals surface area contributed by atoms with Gasteiger partial charge in [-0.25, -0.2) is 15.0 Å². The van der Waals surface area contributed by atoms with Crippen LogP contribution in [-0.4, -0.2) is 15.0 Å². The zero-order chi connectivity index (χ0) is 45.6. The van der Waals surface area contributed by atoms with E-state index in [0.717, 1.165) is 22.5 Å². The summed E-state index contributed by atoms with van der Waals surface area (Å²) in [6, 6.07) is 16.5. The lowest BCUT2D eigenvalue weighted by Gasteiger charge is -2.10. The van der Waals surface area contributed by atoms with Crippen molar-refractivity contribution in [1.82, 2.24) is 15.0 Å². The van der Waals surface area contributed by atoms with Gasteiger partial charge in [0.15, 0.2) is 17.5 Å². The van der Waals surface area contributed by atoms with Gasteiger partial charge in [0.05, 0.1) is 20.6 Å². The van der Waals surface area contributed by atoms with Crippen molar-refractivity contribution < 1.29 is 20.6 Å². The van der Waals surface area contributed by atoms with Crippen LogP contribution >= 0.6 is 11.3 Å². The van der Waals surface area contributed by atoms with E-state index in [1.807, 2.05) is 60.7 Å². The quantitative estimate of drug-likeness (QED) is 0.178. The minimum atomic E-state index is -0.781. The molecular formula is C45H29N3S. The Balaban J connectivity index is 1.23. The molecule has 7 aromatic carbocycles. The summed E-state index contributed by atoms with van der Waals surface area (Å²) in [6.45, 7) is 0. The maximum absolute atomic E-state index is 9.21. The van der Waals surface area contributed by atoms with Gasteiger partial charge in [-0.05, 0) is 39.4 Å². The molecule has 0 aliphatic rings. The van der Waals surface area contributed by atoms with Crippen molar-refractivity contribution >= 4 is 31.5 Å². The number of rotatable bonds is 6. The third-order valence-corrected chi connectivity index (χ3v) is 8.95. The topological polar surface area (TPSA) is 38.7 Å². The van der Waals surface area contributed by atoms with Crippen LogP contribution < -0.4 is 0 Å². The number of hydrogen-bond donors (Lipinski definition) is 0. The van der Waals surface area contributed by atoms with E-state index < -0.39 is 107 Å². The predicted octanol–water partition coefficient (Wildman–Crippen LogP) is 12.2. The first-order valence-corrected chi connectivity index (χ1v) is 16.0. The molecule has 9 aromatic rings. The summed E-state index contributed by atoms with van der Waals surface area (Å²) in [5.41, 5.74) is 0.922. The number of aromatic nitrogens is 3. The molecule has 2 heterocycles. The maximum atomic E-state index is 9.21. The molecule has 0 saturated carbocycles. The van der Waals surface area contributed by atoms with E-state index in [1.165, 1.54) is 0 Å². The van der Waals surface area contributed by atoms with Crippen LogP contribution in [0.5, 0.6) is 0 Å². The largest absolute Gasteiger partial charge is 0.208 e.